The first-order valence-electron chi connectivity index (χ1n) is 12.6. The van der Waals surface area contributed by atoms with Gasteiger partial charge in [-0.3, -0.25) is 19.2 Å². The first kappa shape index (κ1) is 25.3. The van der Waals surface area contributed by atoms with Gasteiger partial charge in [0.1, 0.15) is 5.65 Å². The number of pyridine rings is 1. The third-order valence-electron chi connectivity index (χ3n) is 6.71. The zero-order chi connectivity index (χ0) is 25.9. The van der Waals surface area contributed by atoms with Gasteiger partial charge in [0.2, 0.25) is 5.95 Å². The van der Waals surface area contributed by atoms with E-state index in [1.165, 1.54) is 0 Å². The van der Waals surface area contributed by atoms with Crippen molar-refractivity contribution in [3.63, 3.8) is 0 Å². The second-order valence-electron chi connectivity index (χ2n) is 9.40. The topological polar surface area (TPSA) is 92.1 Å². The van der Waals surface area contributed by atoms with E-state index in [0.29, 0.717) is 40.8 Å². The van der Waals surface area contributed by atoms with Crippen LogP contribution in [0.25, 0.3) is 33.4 Å². The fourth-order valence-corrected chi connectivity index (χ4v) is 4.89. The van der Waals surface area contributed by atoms with Gasteiger partial charge in [0.05, 0.1) is 17.6 Å². The van der Waals surface area contributed by atoms with Crippen molar-refractivity contribution < 1.29 is 0 Å². The number of aryl methyl sites for hydroxylation is 1. The predicted octanol–water partition coefficient (Wildman–Crippen LogP) is 3.56. The van der Waals surface area contributed by atoms with Crippen LogP contribution >= 0.6 is 11.6 Å². The maximum atomic E-state index is 13.9. The third-order valence-corrected chi connectivity index (χ3v) is 7.02. The van der Waals surface area contributed by atoms with Crippen molar-refractivity contribution in [2.24, 2.45) is 0 Å². The Morgan fingerprint density at radius 2 is 1.81 bits per heavy atom. The second-order valence-corrected chi connectivity index (χ2v) is 9.81. The van der Waals surface area contributed by atoms with Crippen LogP contribution in [0.15, 0.2) is 47.7 Å². The summed E-state index contributed by atoms with van der Waals surface area (Å²) in [5.74, 6) is 0.511. The zero-order valence-corrected chi connectivity index (χ0v) is 22.2. The Bertz CT molecular complexity index is 1480. The van der Waals surface area contributed by atoms with Crippen LogP contribution in [-0.4, -0.2) is 80.6 Å². The number of anilines is 1. The molecule has 1 aromatic carbocycles. The Morgan fingerprint density at radius 3 is 2.54 bits per heavy atom. The van der Waals surface area contributed by atoms with Crippen LogP contribution in [0.5, 0.6) is 0 Å². The Hall–Kier alpha value is -3.40. The molecule has 1 fully saturated rings. The molecule has 1 N–H and O–H groups in total. The molecule has 1 saturated heterocycles. The molecule has 0 saturated carbocycles. The summed E-state index contributed by atoms with van der Waals surface area (Å²) in [6.07, 6.45) is 5.18. The van der Waals surface area contributed by atoms with Crippen LogP contribution in [0, 0.1) is 6.92 Å². The van der Waals surface area contributed by atoms with Gasteiger partial charge in [-0.2, -0.15) is 4.98 Å². The molecule has 5 rings (SSSR count). The standard InChI is InChI=1S/C27H31ClN8O/c1-4-30-27-31-16-20-13-22(21-6-5-19(14-23(21)28)24-17-29-15-18(2)32-24)26(37)36(25(20)33-27)12-11-35-9-7-34(3)8-10-35/h5-6,13-17H,4,7-12H2,1-3H3,(H,30,31,33). The van der Waals surface area contributed by atoms with E-state index in [-0.39, 0.29) is 5.56 Å². The van der Waals surface area contributed by atoms with Gasteiger partial charge in [0.25, 0.3) is 5.56 Å². The van der Waals surface area contributed by atoms with Gasteiger partial charge in [-0.15, -0.1) is 0 Å². The van der Waals surface area contributed by atoms with Crippen molar-refractivity contribution in [1.82, 2.24) is 34.3 Å². The number of fused-ring (bicyclic) bond motifs is 1. The normalized spacial score (nSPS) is 14.8. The predicted molar refractivity (Wildman–Crippen MR) is 148 cm³/mol. The third kappa shape index (κ3) is 5.49. The molecule has 37 heavy (non-hydrogen) atoms. The van der Waals surface area contributed by atoms with E-state index < -0.39 is 0 Å². The Kier molecular flexibility index (Phi) is 7.45. The number of nitrogens with one attached hydrogen (secondary N) is 1. The molecule has 192 valence electrons. The lowest BCUT2D eigenvalue weighted by Gasteiger charge is -2.32. The largest absolute Gasteiger partial charge is 0.354 e. The molecule has 0 unspecified atom stereocenters. The maximum Gasteiger partial charge on any atom is 0.260 e. The van der Waals surface area contributed by atoms with Crippen LogP contribution in [0.4, 0.5) is 5.95 Å². The van der Waals surface area contributed by atoms with Crippen molar-refractivity contribution in [1.29, 1.82) is 0 Å². The summed E-state index contributed by atoms with van der Waals surface area (Å²) in [5.41, 5.74) is 4.11. The van der Waals surface area contributed by atoms with Gasteiger partial charge >= 0.3 is 0 Å². The summed E-state index contributed by atoms with van der Waals surface area (Å²) in [4.78, 5) is 36.5. The van der Waals surface area contributed by atoms with Gasteiger partial charge in [-0.05, 0) is 33.0 Å². The van der Waals surface area contributed by atoms with Crippen molar-refractivity contribution in [2.45, 2.75) is 20.4 Å². The molecule has 0 spiro atoms. The lowest BCUT2D eigenvalue weighted by Crippen LogP contribution is -2.45. The molecule has 1 aliphatic heterocycles. The van der Waals surface area contributed by atoms with E-state index >= 15 is 0 Å². The molecule has 0 bridgehead atoms. The minimum atomic E-state index is -0.118. The van der Waals surface area contributed by atoms with E-state index in [0.717, 1.165) is 55.1 Å². The molecule has 9 nitrogen and oxygen atoms in total. The second kappa shape index (κ2) is 10.9. The van der Waals surface area contributed by atoms with Crippen LogP contribution < -0.4 is 10.9 Å². The van der Waals surface area contributed by atoms with Gasteiger partial charge < -0.3 is 10.2 Å². The molecule has 4 heterocycles. The van der Waals surface area contributed by atoms with Crippen molar-refractivity contribution in [3.05, 3.63) is 63.9 Å². The quantitative estimate of drug-likeness (QED) is 0.397. The monoisotopic (exact) mass is 518 g/mol. The fourth-order valence-electron chi connectivity index (χ4n) is 4.61. The first-order valence-corrected chi connectivity index (χ1v) is 12.9. The molecule has 0 atom stereocenters. The number of aromatic nitrogens is 5. The lowest BCUT2D eigenvalue weighted by molar-refractivity contribution is 0.150. The SMILES string of the molecule is CCNc1ncc2cc(-c3ccc(-c4cncc(C)n4)cc3Cl)c(=O)n(CCN3CCN(C)CC3)c2n1. The highest BCUT2D eigenvalue weighted by Crippen LogP contribution is 2.31. The van der Waals surface area contributed by atoms with Gasteiger partial charge in [-0.25, -0.2) is 9.97 Å². The van der Waals surface area contributed by atoms with Crippen molar-refractivity contribution >= 4 is 28.6 Å². The summed E-state index contributed by atoms with van der Waals surface area (Å²) < 4.78 is 1.77. The molecule has 4 aromatic rings. The van der Waals surface area contributed by atoms with E-state index in [1.54, 1.807) is 23.2 Å². The Labute approximate surface area is 221 Å². The summed E-state index contributed by atoms with van der Waals surface area (Å²) in [7, 11) is 2.14. The van der Waals surface area contributed by atoms with Gasteiger partial charge in [0, 0.05) is 85.3 Å². The molecule has 0 radical (unpaired) electrons. The number of hydrogen-bond acceptors (Lipinski definition) is 8. The highest BCUT2D eigenvalue weighted by molar-refractivity contribution is 6.33. The van der Waals surface area contributed by atoms with Crippen LogP contribution in [0.1, 0.15) is 12.6 Å². The molecular formula is C27H31ClN8O. The maximum absolute atomic E-state index is 13.9. The van der Waals surface area contributed by atoms with Crippen LogP contribution in [0.3, 0.4) is 0 Å². The number of nitrogens with zero attached hydrogens (tertiary/aromatic N) is 7. The number of likely N-dealkylation sites (N-methyl/N-ethyl adjacent to an activating group) is 1. The summed E-state index contributed by atoms with van der Waals surface area (Å²) in [6, 6.07) is 7.48. The molecule has 0 aliphatic carbocycles. The molecular weight excluding hydrogens is 488 g/mol. The van der Waals surface area contributed by atoms with Gasteiger partial charge in [-0.1, -0.05) is 23.7 Å². The minimum Gasteiger partial charge on any atom is -0.354 e. The lowest BCUT2D eigenvalue weighted by atomic mass is 10.0. The number of piperazine rings is 1. The summed E-state index contributed by atoms with van der Waals surface area (Å²) in [5, 5.41) is 4.42. The Morgan fingerprint density at radius 1 is 1.00 bits per heavy atom. The number of hydrogen-bond donors (Lipinski definition) is 1. The smallest absolute Gasteiger partial charge is 0.260 e. The summed E-state index contributed by atoms with van der Waals surface area (Å²) >= 11 is 6.76. The van der Waals surface area contributed by atoms with E-state index in [1.807, 2.05) is 38.1 Å². The van der Waals surface area contributed by atoms with Crippen LogP contribution in [-0.2, 0) is 6.54 Å². The van der Waals surface area contributed by atoms with E-state index in [9.17, 15) is 4.79 Å². The number of halogens is 1. The molecule has 3 aromatic heterocycles. The summed E-state index contributed by atoms with van der Waals surface area (Å²) in [6.45, 7) is 9.90. The van der Waals surface area contributed by atoms with Crippen molar-refractivity contribution in [2.75, 3.05) is 51.6 Å². The highest BCUT2D eigenvalue weighted by Gasteiger charge is 2.18. The number of rotatable bonds is 7. The number of benzene rings is 1. The highest BCUT2D eigenvalue weighted by atomic mass is 35.5. The first-order chi connectivity index (χ1) is 17.9. The van der Waals surface area contributed by atoms with E-state index in [2.05, 4.69) is 42.1 Å². The average Bonchev–Trinajstić information content (AvgIpc) is 2.89. The van der Waals surface area contributed by atoms with Crippen molar-refractivity contribution in [3.8, 4) is 22.4 Å². The zero-order valence-electron chi connectivity index (χ0n) is 21.4. The average molecular weight is 519 g/mol. The fraction of sp³-hybridized carbons (Fsp3) is 0.370. The molecule has 10 heteroatoms. The Balaban J connectivity index is 1.56. The van der Waals surface area contributed by atoms with Gasteiger partial charge in [0.15, 0.2) is 0 Å². The minimum absolute atomic E-state index is 0.118. The van der Waals surface area contributed by atoms with Crippen LogP contribution in [0.2, 0.25) is 5.02 Å². The van der Waals surface area contributed by atoms with E-state index in [4.69, 9.17) is 11.6 Å². The molecule has 0 amide bonds. The molecule has 1 aliphatic rings.